The van der Waals surface area contributed by atoms with Crippen molar-refractivity contribution in [2.45, 2.75) is 19.4 Å². The monoisotopic (exact) mass is 453 g/mol. The molecule has 2 aromatic heterocycles. The molecule has 0 bridgehead atoms. The number of para-hydroxylation sites is 1. The fourth-order valence-corrected chi connectivity index (χ4v) is 2.57. The van der Waals surface area contributed by atoms with Gasteiger partial charge in [0.05, 0.1) is 0 Å². The van der Waals surface area contributed by atoms with Crippen LogP contribution < -0.4 is 10.6 Å². The number of hydrogen-bond donors (Lipinski definition) is 2. The van der Waals surface area contributed by atoms with E-state index >= 15 is 0 Å². The van der Waals surface area contributed by atoms with Gasteiger partial charge in [0.15, 0.2) is 5.96 Å². The van der Waals surface area contributed by atoms with Gasteiger partial charge in [-0.25, -0.2) is 0 Å². The van der Waals surface area contributed by atoms with Crippen LogP contribution in [-0.4, -0.2) is 35.9 Å². The number of nitrogens with one attached hydrogen (secondary N) is 2. The van der Waals surface area contributed by atoms with Crippen molar-refractivity contribution in [3.63, 3.8) is 0 Å². The summed E-state index contributed by atoms with van der Waals surface area (Å²) in [6, 6.07) is 12.1. The van der Waals surface area contributed by atoms with E-state index < -0.39 is 0 Å². The van der Waals surface area contributed by atoms with Gasteiger partial charge in [0.2, 0.25) is 0 Å². The van der Waals surface area contributed by atoms with Crippen LogP contribution in [-0.2, 0) is 13.0 Å². The molecule has 0 spiro atoms. The summed E-state index contributed by atoms with van der Waals surface area (Å²) in [7, 11) is 1.78. The van der Waals surface area contributed by atoms with Crippen molar-refractivity contribution in [3.05, 3.63) is 54.6 Å². The molecule has 134 valence electrons. The molecule has 0 aliphatic carbocycles. The first kappa shape index (κ1) is 19.3. The molecule has 0 aliphatic heterocycles. The van der Waals surface area contributed by atoms with E-state index in [-0.39, 0.29) is 24.0 Å². The summed E-state index contributed by atoms with van der Waals surface area (Å²) in [6.45, 7) is 2.53. The highest BCUT2D eigenvalue weighted by Crippen LogP contribution is 2.18. The Kier molecular flexibility index (Phi) is 7.77. The molecule has 0 unspecified atom stereocenters. The van der Waals surface area contributed by atoms with Gasteiger partial charge in [-0.05, 0) is 24.6 Å². The summed E-state index contributed by atoms with van der Waals surface area (Å²) in [5, 5.41) is 12.0. The predicted octanol–water partition coefficient (Wildman–Crippen LogP) is 3.05. The molecular weight excluding hydrogens is 429 g/mol. The Morgan fingerprint density at radius 2 is 2.04 bits per heavy atom. The molecule has 2 N–H and O–H groups in total. The van der Waals surface area contributed by atoms with Gasteiger partial charge in [-0.1, -0.05) is 18.2 Å². The number of halogens is 1. The SMILES string of the molecule is CN=C(NCCCn1cccn1)NCCc1cc2ccccc2o1.I. The zero-order valence-corrected chi connectivity index (χ0v) is 16.6. The number of benzene rings is 1. The van der Waals surface area contributed by atoms with E-state index in [1.54, 1.807) is 13.2 Å². The Bertz CT molecular complexity index is 749. The van der Waals surface area contributed by atoms with E-state index in [2.05, 4.69) is 32.9 Å². The largest absolute Gasteiger partial charge is 0.461 e. The average Bonchev–Trinajstić information content (AvgIpc) is 3.25. The highest BCUT2D eigenvalue weighted by Gasteiger charge is 2.03. The van der Waals surface area contributed by atoms with Gasteiger partial charge in [-0.2, -0.15) is 5.10 Å². The summed E-state index contributed by atoms with van der Waals surface area (Å²) in [5.41, 5.74) is 0.939. The number of fused-ring (bicyclic) bond motifs is 1. The Morgan fingerprint density at radius 1 is 1.20 bits per heavy atom. The van der Waals surface area contributed by atoms with Crippen LogP contribution in [0, 0.1) is 0 Å². The van der Waals surface area contributed by atoms with E-state index in [0.29, 0.717) is 0 Å². The van der Waals surface area contributed by atoms with Crippen LogP contribution in [0.2, 0.25) is 0 Å². The zero-order chi connectivity index (χ0) is 16.6. The number of aliphatic imine (C=N–C) groups is 1. The van der Waals surface area contributed by atoms with Crippen molar-refractivity contribution >= 4 is 40.9 Å². The molecule has 0 fully saturated rings. The van der Waals surface area contributed by atoms with E-state index in [1.807, 2.05) is 35.1 Å². The maximum absolute atomic E-state index is 5.81. The van der Waals surface area contributed by atoms with Gasteiger partial charge in [0.1, 0.15) is 11.3 Å². The Labute approximate surface area is 164 Å². The van der Waals surface area contributed by atoms with Crippen molar-refractivity contribution in [3.8, 4) is 0 Å². The Balaban J connectivity index is 0.00000225. The quantitative estimate of drug-likeness (QED) is 0.250. The standard InChI is InChI=1S/C18H23N5O.HI/c1-19-18(20-9-4-12-23-13-5-10-22-23)21-11-8-16-14-15-6-2-3-7-17(15)24-16;/h2-3,5-7,10,13-14H,4,8-9,11-12H2,1H3,(H2,19,20,21);1H. The van der Waals surface area contributed by atoms with Crippen LogP contribution >= 0.6 is 24.0 Å². The first-order valence-corrected chi connectivity index (χ1v) is 8.24. The molecule has 2 heterocycles. The van der Waals surface area contributed by atoms with E-state index in [4.69, 9.17) is 4.42 Å². The van der Waals surface area contributed by atoms with Gasteiger partial charge < -0.3 is 15.1 Å². The van der Waals surface area contributed by atoms with Crippen molar-refractivity contribution < 1.29 is 4.42 Å². The van der Waals surface area contributed by atoms with Crippen LogP contribution in [0.5, 0.6) is 0 Å². The first-order valence-electron chi connectivity index (χ1n) is 8.24. The van der Waals surface area contributed by atoms with Crippen LogP contribution in [0.15, 0.2) is 58.2 Å². The maximum Gasteiger partial charge on any atom is 0.190 e. The highest BCUT2D eigenvalue weighted by molar-refractivity contribution is 14.0. The second-order valence-electron chi connectivity index (χ2n) is 5.55. The lowest BCUT2D eigenvalue weighted by Gasteiger charge is -2.11. The van der Waals surface area contributed by atoms with Crippen molar-refractivity contribution in [1.82, 2.24) is 20.4 Å². The van der Waals surface area contributed by atoms with Gasteiger partial charge in [0, 0.05) is 50.9 Å². The van der Waals surface area contributed by atoms with Crippen molar-refractivity contribution in [2.75, 3.05) is 20.1 Å². The third-order valence-electron chi connectivity index (χ3n) is 3.78. The predicted molar refractivity (Wildman–Crippen MR) is 112 cm³/mol. The van der Waals surface area contributed by atoms with Crippen LogP contribution in [0.4, 0.5) is 0 Å². The number of rotatable bonds is 7. The number of guanidine groups is 1. The molecule has 7 heteroatoms. The van der Waals surface area contributed by atoms with Crippen LogP contribution in [0.25, 0.3) is 11.0 Å². The minimum absolute atomic E-state index is 0. The normalized spacial score (nSPS) is 11.3. The summed E-state index contributed by atoms with van der Waals surface area (Å²) in [6.07, 6.45) is 5.58. The Morgan fingerprint density at radius 3 is 2.80 bits per heavy atom. The molecule has 0 aliphatic rings. The summed E-state index contributed by atoms with van der Waals surface area (Å²) < 4.78 is 7.74. The first-order chi connectivity index (χ1) is 11.8. The fraction of sp³-hybridized carbons (Fsp3) is 0.333. The van der Waals surface area contributed by atoms with Crippen LogP contribution in [0.3, 0.4) is 0 Å². The zero-order valence-electron chi connectivity index (χ0n) is 14.3. The summed E-state index contributed by atoms with van der Waals surface area (Å²) >= 11 is 0. The highest BCUT2D eigenvalue weighted by atomic mass is 127. The average molecular weight is 453 g/mol. The van der Waals surface area contributed by atoms with E-state index in [0.717, 1.165) is 55.2 Å². The van der Waals surface area contributed by atoms with Gasteiger partial charge in [-0.3, -0.25) is 9.67 Å². The molecule has 3 aromatic rings. The van der Waals surface area contributed by atoms with Crippen molar-refractivity contribution in [1.29, 1.82) is 0 Å². The second-order valence-corrected chi connectivity index (χ2v) is 5.55. The summed E-state index contributed by atoms with van der Waals surface area (Å²) in [4.78, 5) is 4.24. The summed E-state index contributed by atoms with van der Waals surface area (Å²) in [5.74, 6) is 1.80. The van der Waals surface area contributed by atoms with Gasteiger partial charge in [0.25, 0.3) is 0 Å². The Hall–Kier alpha value is -2.03. The smallest absolute Gasteiger partial charge is 0.190 e. The van der Waals surface area contributed by atoms with E-state index in [9.17, 15) is 0 Å². The number of hydrogen-bond acceptors (Lipinski definition) is 3. The number of aryl methyl sites for hydroxylation is 1. The minimum Gasteiger partial charge on any atom is -0.461 e. The molecule has 3 rings (SSSR count). The topological polar surface area (TPSA) is 67.4 Å². The van der Waals surface area contributed by atoms with Crippen molar-refractivity contribution in [2.24, 2.45) is 4.99 Å². The minimum atomic E-state index is 0. The molecule has 0 saturated heterocycles. The second kappa shape index (κ2) is 10.1. The molecule has 6 nitrogen and oxygen atoms in total. The lowest BCUT2D eigenvalue weighted by molar-refractivity contribution is 0.543. The molecule has 0 radical (unpaired) electrons. The number of furan rings is 1. The molecule has 0 amide bonds. The third-order valence-corrected chi connectivity index (χ3v) is 3.78. The molecular formula is C18H24IN5O. The lowest BCUT2D eigenvalue weighted by Crippen LogP contribution is -2.38. The number of nitrogens with zero attached hydrogens (tertiary/aromatic N) is 3. The van der Waals surface area contributed by atoms with E-state index in [1.165, 1.54) is 0 Å². The molecule has 0 atom stereocenters. The molecule has 1 aromatic carbocycles. The number of aromatic nitrogens is 2. The van der Waals surface area contributed by atoms with Crippen LogP contribution in [0.1, 0.15) is 12.2 Å². The molecule has 0 saturated carbocycles. The molecule has 25 heavy (non-hydrogen) atoms. The van der Waals surface area contributed by atoms with Gasteiger partial charge in [-0.15, -0.1) is 24.0 Å². The third kappa shape index (κ3) is 5.77. The maximum atomic E-state index is 5.81. The van der Waals surface area contributed by atoms with Gasteiger partial charge >= 0.3 is 0 Å². The lowest BCUT2D eigenvalue weighted by atomic mass is 10.2. The fourth-order valence-electron chi connectivity index (χ4n) is 2.57.